The Morgan fingerprint density at radius 2 is 1.78 bits per heavy atom. The molecule has 1 fully saturated rings. The lowest BCUT2D eigenvalue weighted by Crippen LogP contribution is -2.24. The Kier molecular flexibility index (Phi) is 6.58. The maximum Gasteiger partial charge on any atom is 0.280 e. The smallest absolute Gasteiger partial charge is 0.280 e. The molecule has 1 aromatic rings. The van der Waals surface area contributed by atoms with Crippen molar-refractivity contribution in [1.29, 1.82) is 0 Å². The number of carbonyl (C=O) groups is 1. The minimum Gasteiger partial charge on any atom is -0.370 e. The topological polar surface area (TPSA) is 116 Å². The van der Waals surface area contributed by atoms with Crippen LogP contribution in [0.3, 0.4) is 0 Å². The van der Waals surface area contributed by atoms with Gasteiger partial charge in [-0.1, -0.05) is 25.3 Å². The molecule has 4 N–H and O–H groups in total. The van der Waals surface area contributed by atoms with E-state index in [1.54, 1.807) is 12.1 Å². The number of carbonyl (C=O) groups excluding carboxylic acids is 1. The highest BCUT2D eigenvalue weighted by Gasteiger charge is 2.24. The Balaban J connectivity index is 0.00000264. The summed E-state index contributed by atoms with van der Waals surface area (Å²) in [4.78, 5) is 15.5. The SMILES string of the molecule is CS(=O)(=O)c1cc(C(=O)N=C(N)N)ccc1C1CCCCC1.Cl. The first-order valence-electron chi connectivity index (χ1n) is 7.27. The highest BCUT2D eigenvalue weighted by atomic mass is 35.5. The summed E-state index contributed by atoms with van der Waals surface area (Å²) in [7, 11) is -3.43. The predicted molar refractivity (Wildman–Crippen MR) is 92.8 cm³/mol. The third-order valence-corrected chi connectivity index (χ3v) is 5.09. The lowest BCUT2D eigenvalue weighted by atomic mass is 9.84. The van der Waals surface area contributed by atoms with Crippen LogP contribution in [0.1, 0.15) is 53.9 Å². The number of aliphatic imine (C=N–C) groups is 1. The number of nitrogens with two attached hydrogens (primary N) is 2. The molecule has 0 heterocycles. The van der Waals surface area contributed by atoms with Gasteiger partial charge < -0.3 is 11.5 Å². The molecule has 0 unspecified atom stereocenters. The van der Waals surface area contributed by atoms with Crippen molar-refractivity contribution in [1.82, 2.24) is 0 Å². The fourth-order valence-electron chi connectivity index (χ4n) is 2.92. The van der Waals surface area contributed by atoms with Crippen molar-refractivity contribution < 1.29 is 13.2 Å². The molecule has 23 heavy (non-hydrogen) atoms. The Bertz CT molecular complexity index is 707. The average molecular weight is 360 g/mol. The van der Waals surface area contributed by atoms with Crippen LogP contribution in [0.2, 0.25) is 0 Å². The number of guanidine groups is 1. The van der Waals surface area contributed by atoms with Gasteiger partial charge in [0.1, 0.15) is 0 Å². The van der Waals surface area contributed by atoms with E-state index in [1.165, 1.54) is 12.5 Å². The first kappa shape index (κ1) is 19.4. The van der Waals surface area contributed by atoms with Crippen LogP contribution in [-0.4, -0.2) is 26.5 Å². The second-order valence-electron chi connectivity index (χ2n) is 5.70. The maximum absolute atomic E-state index is 12.1. The van der Waals surface area contributed by atoms with Crippen LogP contribution in [0.25, 0.3) is 0 Å². The number of rotatable bonds is 3. The van der Waals surface area contributed by atoms with Gasteiger partial charge in [-0.15, -0.1) is 12.4 Å². The van der Waals surface area contributed by atoms with Gasteiger partial charge in [0.05, 0.1) is 4.90 Å². The molecule has 8 heteroatoms. The van der Waals surface area contributed by atoms with Crippen LogP contribution >= 0.6 is 12.4 Å². The number of hydrogen-bond donors (Lipinski definition) is 2. The van der Waals surface area contributed by atoms with Crippen LogP contribution in [0.5, 0.6) is 0 Å². The quantitative estimate of drug-likeness (QED) is 0.632. The summed E-state index contributed by atoms with van der Waals surface area (Å²) in [5.74, 6) is -0.756. The lowest BCUT2D eigenvalue weighted by molar-refractivity contribution is 0.100. The summed E-state index contributed by atoms with van der Waals surface area (Å²) >= 11 is 0. The molecule has 1 aliphatic carbocycles. The normalized spacial score (nSPS) is 15.5. The Morgan fingerprint density at radius 1 is 1.17 bits per heavy atom. The molecule has 0 atom stereocenters. The number of hydrogen-bond acceptors (Lipinski definition) is 3. The highest BCUT2D eigenvalue weighted by Crippen LogP contribution is 2.36. The number of halogens is 1. The molecule has 2 rings (SSSR count). The minimum absolute atomic E-state index is 0. The van der Waals surface area contributed by atoms with E-state index < -0.39 is 15.7 Å². The molecule has 0 radical (unpaired) electrons. The molecule has 1 aliphatic rings. The molecule has 6 nitrogen and oxygen atoms in total. The summed E-state index contributed by atoms with van der Waals surface area (Å²) in [5.41, 5.74) is 11.3. The van der Waals surface area contributed by atoms with E-state index in [9.17, 15) is 13.2 Å². The van der Waals surface area contributed by atoms with Gasteiger partial charge >= 0.3 is 0 Å². The first-order chi connectivity index (χ1) is 10.3. The standard InChI is InChI=1S/C15H21N3O3S.ClH/c1-22(20,21)13-9-11(14(19)18-15(16)17)7-8-12(13)10-5-3-2-4-6-10;/h7-10H,2-6H2,1H3,(H4,16,17,18,19);1H. The summed E-state index contributed by atoms with van der Waals surface area (Å²) in [6, 6.07) is 4.70. The van der Waals surface area contributed by atoms with E-state index in [4.69, 9.17) is 11.5 Å². The summed E-state index contributed by atoms with van der Waals surface area (Å²) in [6.07, 6.45) is 6.49. The van der Waals surface area contributed by atoms with Crippen LogP contribution in [0.4, 0.5) is 0 Å². The number of amides is 1. The van der Waals surface area contributed by atoms with Gasteiger partial charge in [-0.05, 0) is 36.5 Å². The largest absolute Gasteiger partial charge is 0.370 e. The van der Waals surface area contributed by atoms with E-state index in [0.717, 1.165) is 37.5 Å². The molecule has 1 saturated carbocycles. The van der Waals surface area contributed by atoms with Crippen molar-refractivity contribution in [3.05, 3.63) is 29.3 Å². The van der Waals surface area contributed by atoms with E-state index in [0.29, 0.717) is 0 Å². The van der Waals surface area contributed by atoms with E-state index in [2.05, 4.69) is 4.99 Å². The third kappa shape index (κ3) is 4.94. The number of sulfone groups is 1. The monoisotopic (exact) mass is 359 g/mol. The van der Waals surface area contributed by atoms with Crippen molar-refractivity contribution >= 4 is 34.1 Å². The highest BCUT2D eigenvalue weighted by molar-refractivity contribution is 7.90. The molecule has 0 bridgehead atoms. The summed E-state index contributed by atoms with van der Waals surface area (Å²) < 4.78 is 24.2. The molecule has 128 valence electrons. The molecular formula is C15H22ClN3O3S. The van der Waals surface area contributed by atoms with E-state index in [-0.39, 0.29) is 34.7 Å². The Labute approximate surface area is 142 Å². The van der Waals surface area contributed by atoms with Gasteiger partial charge in [0.15, 0.2) is 15.8 Å². The third-order valence-electron chi connectivity index (χ3n) is 3.94. The van der Waals surface area contributed by atoms with Gasteiger partial charge in [-0.3, -0.25) is 4.79 Å². The molecule has 0 spiro atoms. The van der Waals surface area contributed by atoms with E-state index >= 15 is 0 Å². The molecule has 1 aromatic carbocycles. The molecule has 0 aliphatic heterocycles. The predicted octanol–water partition coefficient (Wildman–Crippen LogP) is 1.97. The van der Waals surface area contributed by atoms with Crippen molar-refractivity contribution in [3.8, 4) is 0 Å². The van der Waals surface area contributed by atoms with Crippen molar-refractivity contribution in [2.45, 2.75) is 42.9 Å². The Hall–Kier alpha value is -1.60. The zero-order chi connectivity index (χ0) is 16.3. The first-order valence-corrected chi connectivity index (χ1v) is 9.16. The van der Waals surface area contributed by atoms with Gasteiger partial charge in [0.2, 0.25) is 0 Å². The van der Waals surface area contributed by atoms with Crippen LogP contribution in [0, 0.1) is 0 Å². The summed E-state index contributed by atoms with van der Waals surface area (Å²) in [5, 5.41) is 0. The molecule has 0 aromatic heterocycles. The second-order valence-corrected chi connectivity index (χ2v) is 7.69. The van der Waals surface area contributed by atoms with Gasteiger partial charge in [-0.25, -0.2) is 8.42 Å². The Morgan fingerprint density at radius 3 is 2.30 bits per heavy atom. The lowest BCUT2D eigenvalue weighted by Gasteiger charge is -2.24. The minimum atomic E-state index is -3.43. The van der Waals surface area contributed by atoms with Crippen LogP contribution in [0.15, 0.2) is 28.1 Å². The van der Waals surface area contributed by atoms with Crippen molar-refractivity contribution in [3.63, 3.8) is 0 Å². The molecule has 0 saturated heterocycles. The van der Waals surface area contributed by atoms with Crippen molar-refractivity contribution in [2.24, 2.45) is 16.5 Å². The fourth-order valence-corrected chi connectivity index (χ4v) is 3.93. The molecule has 1 amide bonds. The van der Waals surface area contributed by atoms with E-state index in [1.807, 2.05) is 0 Å². The zero-order valence-electron chi connectivity index (χ0n) is 13.0. The van der Waals surface area contributed by atoms with Crippen molar-refractivity contribution in [2.75, 3.05) is 6.26 Å². The zero-order valence-corrected chi connectivity index (χ0v) is 14.6. The van der Waals surface area contributed by atoms with Gasteiger partial charge in [0, 0.05) is 11.8 Å². The second kappa shape index (κ2) is 7.79. The molecular weight excluding hydrogens is 338 g/mol. The average Bonchev–Trinajstić information content (AvgIpc) is 2.46. The van der Waals surface area contributed by atoms with Crippen LogP contribution in [-0.2, 0) is 9.84 Å². The van der Waals surface area contributed by atoms with Gasteiger partial charge in [-0.2, -0.15) is 4.99 Å². The number of nitrogens with zero attached hydrogens (tertiary/aromatic N) is 1. The summed E-state index contributed by atoms with van der Waals surface area (Å²) in [6.45, 7) is 0. The van der Waals surface area contributed by atoms with Crippen LogP contribution < -0.4 is 11.5 Å². The number of benzene rings is 1. The maximum atomic E-state index is 12.1. The van der Waals surface area contributed by atoms with Gasteiger partial charge in [0.25, 0.3) is 5.91 Å². The fraction of sp³-hybridized carbons (Fsp3) is 0.467.